The van der Waals surface area contributed by atoms with E-state index in [0.717, 1.165) is 62.1 Å². The third-order valence-electron chi connectivity index (χ3n) is 4.72. The molecule has 0 bridgehead atoms. The maximum atomic E-state index is 12.5. The Morgan fingerprint density at radius 3 is 2.17 bits per heavy atom. The van der Waals surface area contributed by atoms with Gasteiger partial charge in [0, 0.05) is 11.2 Å². The molecule has 0 unspecified atom stereocenters. The van der Waals surface area contributed by atoms with Crippen LogP contribution in [0.5, 0.6) is 5.75 Å². The van der Waals surface area contributed by atoms with Gasteiger partial charge in [0.2, 0.25) is 0 Å². The van der Waals surface area contributed by atoms with Crippen molar-refractivity contribution in [1.29, 1.82) is 0 Å². The summed E-state index contributed by atoms with van der Waals surface area (Å²) in [7, 11) is -3.92. The highest BCUT2D eigenvalue weighted by Crippen LogP contribution is 2.38. The fourth-order valence-corrected chi connectivity index (χ4v) is 4.13. The molecule has 1 saturated carbocycles. The normalized spacial score (nSPS) is 15.7. The average molecular weight is 428 g/mol. The maximum Gasteiger partial charge on any atom is 0.573 e. The third kappa shape index (κ3) is 6.11. The van der Waals surface area contributed by atoms with Crippen LogP contribution < -0.4 is 14.8 Å². The molecule has 1 aliphatic rings. The summed E-state index contributed by atoms with van der Waals surface area (Å²) in [6.07, 6.45) is -0.594. The Bertz CT molecular complexity index is 923. The second kappa shape index (κ2) is 8.23. The van der Waals surface area contributed by atoms with E-state index in [0.29, 0.717) is 5.69 Å². The summed E-state index contributed by atoms with van der Waals surface area (Å²) in [6, 6.07) is 11.2. The van der Waals surface area contributed by atoms with Gasteiger partial charge in [0.15, 0.2) is 0 Å². The first-order valence-corrected chi connectivity index (χ1v) is 10.8. The van der Waals surface area contributed by atoms with Crippen LogP contribution in [0.15, 0.2) is 53.4 Å². The number of hydrogen-bond acceptors (Lipinski definition) is 4. The smallest absolute Gasteiger partial charge is 0.406 e. The molecule has 1 aliphatic carbocycles. The highest BCUT2D eigenvalue weighted by molar-refractivity contribution is 7.92. The summed E-state index contributed by atoms with van der Waals surface area (Å²) in [5, 5.41) is 3.57. The van der Waals surface area contributed by atoms with Crippen LogP contribution in [-0.4, -0.2) is 26.9 Å². The van der Waals surface area contributed by atoms with Gasteiger partial charge in [-0.1, -0.05) is 19.1 Å². The van der Waals surface area contributed by atoms with Crippen LogP contribution in [0.3, 0.4) is 0 Å². The highest BCUT2D eigenvalue weighted by atomic mass is 32.2. The molecule has 1 fully saturated rings. The molecule has 3 rings (SSSR count). The Kier molecular flexibility index (Phi) is 6.09. The van der Waals surface area contributed by atoms with Gasteiger partial charge in [-0.3, -0.25) is 4.72 Å². The van der Waals surface area contributed by atoms with Crippen LogP contribution in [0, 0.1) is 0 Å². The van der Waals surface area contributed by atoms with Crippen LogP contribution >= 0.6 is 0 Å². The van der Waals surface area contributed by atoms with Crippen LogP contribution in [-0.2, 0) is 16.4 Å². The lowest BCUT2D eigenvalue weighted by Crippen LogP contribution is -2.33. The van der Waals surface area contributed by atoms with Crippen LogP contribution in [0.25, 0.3) is 0 Å². The van der Waals surface area contributed by atoms with E-state index in [9.17, 15) is 21.6 Å². The summed E-state index contributed by atoms with van der Waals surface area (Å²) in [6.45, 7) is 3.10. The minimum absolute atomic E-state index is 0.156. The van der Waals surface area contributed by atoms with Crippen LogP contribution in [0.2, 0.25) is 0 Å². The molecule has 29 heavy (non-hydrogen) atoms. The number of halogens is 3. The lowest BCUT2D eigenvalue weighted by molar-refractivity contribution is -0.274. The summed E-state index contributed by atoms with van der Waals surface area (Å²) in [4.78, 5) is -0.156. The van der Waals surface area contributed by atoms with Gasteiger partial charge in [0.1, 0.15) is 5.75 Å². The van der Waals surface area contributed by atoms with Crippen molar-refractivity contribution in [3.05, 3.63) is 54.1 Å². The SMILES string of the molecule is CCCNC1(Cc2ccc(NS(=O)(=O)c3ccc(OC(F)(F)F)cc3)cc2)CC1. The number of sulfonamides is 1. The number of benzene rings is 2. The van der Waals surface area contributed by atoms with Crippen molar-refractivity contribution in [2.75, 3.05) is 11.3 Å². The molecule has 0 atom stereocenters. The van der Waals surface area contributed by atoms with Gasteiger partial charge in [-0.15, -0.1) is 13.2 Å². The Labute approximate surface area is 168 Å². The molecule has 9 heteroatoms. The van der Waals surface area contributed by atoms with Crippen molar-refractivity contribution in [3.8, 4) is 5.75 Å². The van der Waals surface area contributed by atoms with E-state index >= 15 is 0 Å². The number of anilines is 1. The van der Waals surface area contributed by atoms with Crippen LogP contribution in [0.4, 0.5) is 18.9 Å². The quantitative estimate of drug-likeness (QED) is 0.619. The predicted molar refractivity (Wildman–Crippen MR) is 104 cm³/mol. The van der Waals surface area contributed by atoms with E-state index in [-0.39, 0.29) is 10.4 Å². The van der Waals surface area contributed by atoms with Crippen molar-refractivity contribution in [2.45, 2.75) is 49.4 Å². The lowest BCUT2D eigenvalue weighted by Gasteiger charge is -2.17. The van der Waals surface area contributed by atoms with Crippen molar-refractivity contribution in [1.82, 2.24) is 5.32 Å². The Morgan fingerprint density at radius 2 is 1.66 bits per heavy atom. The Hall–Kier alpha value is -2.26. The molecule has 2 aromatic rings. The van der Waals surface area contributed by atoms with E-state index in [1.54, 1.807) is 12.1 Å². The van der Waals surface area contributed by atoms with E-state index in [1.165, 1.54) is 0 Å². The second-order valence-corrected chi connectivity index (χ2v) is 8.89. The second-order valence-electron chi connectivity index (χ2n) is 7.21. The number of hydrogen-bond donors (Lipinski definition) is 2. The molecular formula is C20H23F3N2O3S. The molecule has 2 N–H and O–H groups in total. The number of nitrogens with one attached hydrogen (secondary N) is 2. The van der Waals surface area contributed by atoms with E-state index in [4.69, 9.17) is 0 Å². The molecule has 158 valence electrons. The molecule has 0 aromatic heterocycles. The summed E-state index contributed by atoms with van der Waals surface area (Å²) >= 11 is 0. The van der Waals surface area contributed by atoms with E-state index < -0.39 is 22.1 Å². The van der Waals surface area contributed by atoms with E-state index in [1.807, 2.05) is 12.1 Å². The van der Waals surface area contributed by atoms with Gasteiger partial charge in [0.25, 0.3) is 10.0 Å². The van der Waals surface area contributed by atoms with Crippen molar-refractivity contribution in [2.24, 2.45) is 0 Å². The summed E-state index contributed by atoms with van der Waals surface area (Å²) in [5.41, 5.74) is 1.66. The largest absolute Gasteiger partial charge is 0.573 e. The van der Waals surface area contributed by atoms with Crippen LogP contribution in [0.1, 0.15) is 31.7 Å². The Balaban J connectivity index is 1.63. The van der Waals surface area contributed by atoms with Gasteiger partial charge in [-0.05, 0) is 74.2 Å². The Morgan fingerprint density at radius 1 is 1.03 bits per heavy atom. The van der Waals surface area contributed by atoms with Gasteiger partial charge < -0.3 is 10.1 Å². The van der Waals surface area contributed by atoms with Crippen molar-refractivity contribution < 1.29 is 26.3 Å². The van der Waals surface area contributed by atoms with E-state index in [2.05, 4.69) is 21.7 Å². The first-order chi connectivity index (χ1) is 13.6. The third-order valence-corrected chi connectivity index (χ3v) is 6.12. The number of ether oxygens (including phenoxy) is 1. The molecule has 0 aliphatic heterocycles. The molecule has 0 amide bonds. The maximum absolute atomic E-state index is 12.5. The first-order valence-electron chi connectivity index (χ1n) is 9.33. The molecule has 0 radical (unpaired) electrons. The lowest BCUT2D eigenvalue weighted by atomic mass is 10.0. The predicted octanol–water partition coefficient (Wildman–Crippen LogP) is 4.46. The summed E-state index contributed by atoms with van der Waals surface area (Å²) < 4.78 is 67.7. The number of rotatable bonds is 9. The van der Waals surface area contributed by atoms with Gasteiger partial charge in [0.05, 0.1) is 4.90 Å². The fourth-order valence-electron chi connectivity index (χ4n) is 3.07. The number of alkyl halides is 3. The van der Waals surface area contributed by atoms with Gasteiger partial charge in [-0.25, -0.2) is 8.42 Å². The standard InChI is InChI=1S/C20H23F3N2O3S/c1-2-13-24-19(11-12-19)14-15-3-5-16(6-4-15)25-29(26,27)18-9-7-17(8-10-18)28-20(21,22)23/h3-10,24-25H,2,11-14H2,1H3. The average Bonchev–Trinajstić information content (AvgIpc) is 3.40. The molecule has 5 nitrogen and oxygen atoms in total. The van der Waals surface area contributed by atoms with Crippen molar-refractivity contribution >= 4 is 15.7 Å². The molecular weight excluding hydrogens is 405 g/mol. The zero-order chi connectivity index (χ0) is 21.1. The molecule has 2 aromatic carbocycles. The molecule has 0 saturated heterocycles. The van der Waals surface area contributed by atoms with Gasteiger partial charge in [-0.2, -0.15) is 0 Å². The monoisotopic (exact) mass is 428 g/mol. The summed E-state index contributed by atoms with van der Waals surface area (Å²) in [5.74, 6) is -0.480. The first kappa shape index (κ1) is 21.4. The minimum Gasteiger partial charge on any atom is -0.406 e. The topological polar surface area (TPSA) is 67.4 Å². The fraction of sp³-hybridized carbons (Fsp3) is 0.400. The highest BCUT2D eigenvalue weighted by Gasteiger charge is 2.41. The zero-order valence-corrected chi connectivity index (χ0v) is 16.7. The molecule has 0 spiro atoms. The minimum atomic E-state index is -4.83. The van der Waals surface area contributed by atoms with Crippen molar-refractivity contribution in [3.63, 3.8) is 0 Å². The van der Waals surface area contributed by atoms with Gasteiger partial charge >= 0.3 is 6.36 Å². The zero-order valence-electron chi connectivity index (χ0n) is 15.9. The molecule has 0 heterocycles.